The lowest BCUT2D eigenvalue weighted by Crippen LogP contribution is -2.40. The lowest BCUT2D eigenvalue weighted by molar-refractivity contribution is -0.135. The molecule has 0 saturated carbocycles. The predicted octanol–water partition coefficient (Wildman–Crippen LogP) is -2.32. The van der Waals surface area contributed by atoms with Gasteiger partial charge < -0.3 is 30.1 Å². The molecule has 15 heavy (non-hydrogen) atoms. The van der Waals surface area contributed by atoms with Crippen LogP contribution in [0.2, 0.25) is 6.04 Å². The van der Waals surface area contributed by atoms with Gasteiger partial charge in [-0.3, -0.25) is 4.79 Å². The van der Waals surface area contributed by atoms with Gasteiger partial charge in [-0.2, -0.15) is 0 Å². The summed E-state index contributed by atoms with van der Waals surface area (Å²) in [5.74, 6) is -1.15. The third-order valence-corrected chi connectivity index (χ3v) is 2.40. The number of urea groups is 1. The Hall–Kier alpha value is -1.16. The highest BCUT2D eigenvalue weighted by Crippen LogP contribution is 1.99. The Morgan fingerprint density at radius 3 is 2.20 bits per heavy atom. The smallest absolute Gasteiger partial charge is 0.480 e. The Balaban J connectivity index is 3.44. The number of rotatable bonds is 6. The van der Waals surface area contributed by atoms with E-state index in [4.69, 9.17) is 19.5 Å². The summed E-state index contributed by atoms with van der Waals surface area (Å²) in [4.78, 5) is 46.6. The minimum Gasteiger partial charge on any atom is -0.480 e. The van der Waals surface area contributed by atoms with Crippen molar-refractivity contribution in [1.82, 2.24) is 10.6 Å². The molecule has 0 bridgehead atoms. The van der Waals surface area contributed by atoms with Gasteiger partial charge in [-0.15, -0.1) is 0 Å². The van der Waals surface area contributed by atoms with Crippen molar-refractivity contribution in [2.45, 2.75) is 12.5 Å². The molecule has 0 aromatic rings. The van der Waals surface area contributed by atoms with Crippen molar-refractivity contribution >= 4 is 20.8 Å². The number of amides is 2. The van der Waals surface area contributed by atoms with Crippen LogP contribution in [0.15, 0.2) is 0 Å². The summed E-state index contributed by atoms with van der Waals surface area (Å²) in [7, 11) is -4.03. The first-order chi connectivity index (χ1) is 6.81. The number of carboxylic acids is 1. The third-order valence-electron chi connectivity index (χ3n) is 1.37. The number of hydrogen-bond donors (Lipinski definition) is 6. The minimum absolute atomic E-state index is 0.127. The Kier molecular flexibility index (Phi) is 5.85. The van der Waals surface area contributed by atoms with E-state index in [2.05, 4.69) is 10.6 Å². The van der Waals surface area contributed by atoms with Gasteiger partial charge in [0.15, 0.2) is 0 Å². The van der Waals surface area contributed by atoms with Crippen molar-refractivity contribution in [3.8, 4) is 0 Å². The largest absolute Gasteiger partial charge is 0.492 e. The van der Waals surface area contributed by atoms with Gasteiger partial charge in [0.05, 0.1) is 0 Å². The maximum atomic E-state index is 10.8. The van der Waals surface area contributed by atoms with Crippen molar-refractivity contribution in [2.24, 2.45) is 0 Å². The molecule has 0 heterocycles. The van der Waals surface area contributed by atoms with Gasteiger partial charge in [0.25, 0.3) is 0 Å². The molecule has 8 nitrogen and oxygen atoms in total. The zero-order valence-electron chi connectivity index (χ0n) is 7.93. The standard InChI is InChI=1S/C6H14N2O6Si/c9-5(10)4-8-6(11)7-2-1-3-15(12,13)14/h12-14H,1-4H2,(H,9,10)(H2,7,8,11). The number of carbonyl (C=O) groups is 2. The zero-order valence-corrected chi connectivity index (χ0v) is 8.93. The average molecular weight is 238 g/mol. The van der Waals surface area contributed by atoms with E-state index >= 15 is 0 Å². The number of hydrogen-bond acceptors (Lipinski definition) is 5. The van der Waals surface area contributed by atoms with Gasteiger partial charge in [-0.05, 0) is 6.42 Å². The van der Waals surface area contributed by atoms with Crippen molar-refractivity contribution in [1.29, 1.82) is 0 Å². The van der Waals surface area contributed by atoms with Gasteiger partial charge >= 0.3 is 20.8 Å². The first kappa shape index (κ1) is 13.8. The molecular formula is C6H14N2O6Si. The molecule has 9 heteroatoms. The van der Waals surface area contributed by atoms with Gasteiger partial charge in [0, 0.05) is 12.6 Å². The van der Waals surface area contributed by atoms with Crippen LogP contribution in [0.3, 0.4) is 0 Å². The average Bonchev–Trinajstić information content (AvgIpc) is 2.07. The maximum absolute atomic E-state index is 10.8. The second-order valence-corrected chi connectivity index (χ2v) is 4.93. The second-order valence-electron chi connectivity index (χ2n) is 2.88. The number of nitrogens with one attached hydrogen (secondary N) is 2. The lowest BCUT2D eigenvalue weighted by atomic mass is 10.5. The van der Waals surface area contributed by atoms with Crippen LogP contribution < -0.4 is 10.6 Å². The van der Waals surface area contributed by atoms with E-state index in [0.717, 1.165) is 0 Å². The van der Waals surface area contributed by atoms with Crippen LogP contribution in [0.25, 0.3) is 0 Å². The Bertz CT molecular complexity index is 228. The van der Waals surface area contributed by atoms with E-state index in [1.54, 1.807) is 0 Å². The molecule has 0 radical (unpaired) electrons. The van der Waals surface area contributed by atoms with Crippen LogP contribution in [0, 0.1) is 0 Å². The molecule has 6 N–H and O–H groups in total. The zero-order chi connectivity index (χ0) is 11.9. The molecular weight excluding hydrogens is 224 g/mol. The number of aliphatic carboxylic acids is 1. The molecule has 0 aliphatic heterocycles. The summed E-state index contributed by atoms with van der Waals surface area (Å²) in [6, 6.07) is -0.829. The molecule has 0 atom stereocenters. The Labute approximate surface area is 86.9 Å². The molecule has 88 valence electrons. The van der Waals surface area contributed by atoms with E-state index in [1.807, 2.05) is 0 Å². The molecule has 0 aromatic heterocycles. The van der Waals surface area contributed by atoms with Crippen molar-refractivity contribution in [3.63, 3.8) is 0 Å². The summed E-state index contributed by atoms with van der Waals surface area (Å²) < 4.78 is 0. The summed E-state index contributed by atoms with van der Waals surface area (Å²) >= 11 is 0. The SMILES string of the molecule is O=C(O)CNC(=O)NCCC[Si](O)(O)O. The van der Waals surface area contributed by atoms with Gasteiger partial charge in [0.1, 0.15) is 6.54 Å². The Morgan fingerprint density at radius 2 is 1.73 bits per heavy atom. The summed E-state index contributed by atoms with van der Waals surface area (Å²) in [5, 5.41) is 12.5. The highest BCUT2D eigenvalue weighted by molar-refractivity contribution is 6.56. The number of carbonyl (C=O) groups excluding carboxylic acids is 1. The first-order valence-corrected chi connectivity index (χ1v) is 6.27. The van der Waals surface area contributed by atoms with Gasteiger partial charge in [-0.1, -0.05) is 0 Å². The lowest BCUT2D eigenvalue weighted by Gasteiger charge is -2.09. The van der Waals surface area contributed by atoms with Crippen LogP contribution in [0.4, 0.5) is 4.79 Å². The molecule has 0 aliphatic carbocycles. The molecule has 0 aliphatic rings. The summed E-state index contributed by atoms with van der Waals surface area (Å²) in [6.45, 7) is -0.355. The molecule has 0 rings (SSSR count). The van der Waals surface area contributed by atoms with Gasteiger partial charge in [-0.25, -0.2) is 4.79 Å². The Morgan fingerprint density at radius 1 is 1.13 bits per heavy atom. The predicted molar refractivity (Wildman–Crippen MR) is 50.9 cm³/mol. The second kappa shape index (κ2) is 6.34. The van der Waals surface area contributed by atoms with E-state index in [0.29, 0.717) is 0 Å². The fourth-order valence-electron chi connectivity index (χ4n) is 0.746. The molecule has 0 fully saturated rings. The van der Waals surface area contributed by atoms with E-state index in [-0.39, 0.29) is 19.0 Å². The van der Waals surface area contributed by atoms with Crippen molar-refractivity contribution < 1.29 is 29.1 Å². The van der Waals surface area contributed by atoms with Crippen LogP contribution in [0.1, 0.15) is 6.42 Å². The topological polar surface area (TPSA) is 139 Å². The fraction of sp³-hybridized carbons (Fsp3) is 0.667. The fourth-order valence-corrected chi connectivity index (χ4v) is 1.40. The highest BCUT2D eigenvalue weighted by Gasteiger charge is 2.25. The molecule has 0 saturated heterocycles. The quantitative estimate of drug-likeness (QED) is 0.227. The van der Waals surface area contributed by atoms with Crippen LogP contribution in [-0.4, -0.2) is 53.4 Å². The van der Waals surface area contributed by atoms with Gasteiger partial charge in [0.2, 0.25) is 0 Å². The minimum atomic E-state index is -4.03. The van der Waals surface area contributed by atoms with Crippen LogP contribution >= 0.6 is 0 Å². The molecule has 2 amide bonds. The number of carboxylic acid groups (broad SMARTS) is 1. The maximum Gasteiger partial charge on any atom is 0.492 e. The van der Waals surface area contributed by atoms with E-state index < -0.39 is 27.3 Å². The van der Waals surface area contributed by atoms with E-state index in [9.17, 15) is 9.59 Å². The monoisotopic (exact) mass is 238 g/mol. The third kappa shape index (κ3) is 10.8. The van der Waals surface area contributed by atoms with Crippen LogP contribution in [-0.2, 0) is 4.79 Å². The van der Waals surface area contributed by atoms with E-state index in [1.165, 1.54) is 0 Å². The molecule has 0 unspecified atom stereocenters. The van der Waals surface area contributed by atoms with Crippen molar-refractivity contribution in [2.75, 3.05) is 13.1 Å². The molecule has 0 aromatic carbocycles. The summed E-state index contributed by atoms with van der Waals surface area (Å²) in [6.07, 6.45) is 0.205. The highest BCUT2D eigenvalue weighted by atomic mass is 28.4. The van der Waals surface area contributed by atoms with Crippen LogP contribution in [0.5, 0.6) is 0 Å². The normalized spacial score (nSPS) is 10.9. The first-order valence-electron chi connectivity index (χ1n) is 4.22. The molecule has 0 spiro atoms. The summed E-state index contributed by atoms with van der Waals surface area (Å²) in [5.41, 5.74) is 0. The van der Waals surface area contributed by atoms with Crippen molar-refractivity contribution in [3.05, 3.63) is 0 Å².